The fourth-order valence-electron chi connectivity index (χ4n) is 1.17. The quantitative estimate of drug-likeness (QED) is 0.739. The molecule has 3 heteroatoms. The van der Waals surface area contributed by atoms with Crippen LogP contribution in [0.5, 0.6) is 0 Å². The van der Waals surface area contributed by atoms with Crippen LogP contribution in [0.3, 0.4) is 0 Å². The molecule has 0 aliphatic heterocycles. The summed E-state index contributed by atoms with van der Waals surface area (Å²) in [6.45, 7) is 4.29. The van der Waals surface area contributed by atoms with E-state index in [-0.39, 0.29) is 6.61 Å². The number of hydrogen-bond acceptors (Lipinski definition) is 3. The van der Waals surface area contributed by atoms with Crippen LogP contribution in [0.1, 0.15) is 18.9 Å². The highest BCUT2D eigenvalue weighted by molar-refractivity contribution is 5.49. The fraction of sp³-hybridized carbons (Fsp3) is 0.500. The Morgan fingerprint density at radius 3 is 3.00 bits per heavy atom. The number of aliphatic hydroxyl groups excluding tert-OH is 1. The summed E-state index contributed by atoms with van der Waals surface area (Å²) in [5.74, 6) is 0. The van der Waals surface area contributed by atoms with Crippen molar-refractivity contribution in [2.75, 3.05) is 11.9 Å². The van der Waals surface area contributed by atoms with Crippen molar-refractivity contribution in [1.29, 1.82) is 0 Å². The fourth-order valence-corrected chi connectivity index (χ4v) is 1.17. The zero-order valence-corrected chi connectivity index (χ0v) is 8.12. The lowest BCUT2D eigenvalue weighted by atomic mass is 10.2. The largest absolute Gasteiger partial charge is 0.396 e. The van der Waals surface area contributed by atoms with E-state index in [0.29, 0.717) is 6.04 Å². The highest BCUT2D eigenvalue weighted by Crippen LogP contribution is 2.13. The lowest BCUT2D eigenvalue weighted by molar-refractivity contribution is 0.282. The molecule has 13 heavy (non-hydrogen) atoms. The van der Waals surface area contributed by atoms with Gasteiger partial charge in [0.1, 0.15) is 0 Å². The number of nitrogens with zero attached hydrogens (tertiary/aromatic N) is 1. The molecule has 1 heterocycles. The van der Waals surface area contributed by atoms with E-state index in [1.165, 1.54) is 0 Å². The second kappa shape index (κ2) is 4.82. The third-order valence-corrected chi connectivity index (χ3v) is 1.98. The van der Waals surface area contributed by atoms with Gasteiger partial charge in [0, 0.05) is 30.7 Å². The number of aliphatic hydroxyl groups is 1. The Morgan fingerprint density at radius 2 is 2.38 bits per heavy atom. The molecular formula is C10H16N2O. The molecule has 72 valence electrons. The van der Waals surface area contributed by atoms with Crippen LogP contribution < -0.4 is 5.32 Å². The van der Waals surface area contributed by atoms with E-state index in [9.17, 15) is 0 Å². The first kappa shape index (κ1) is 9.99. The molecule has 0 spiro atoms. The number of pyridine rings is 1. The Hall–Kier alpha value is -1.09. The molecule has 1 rings (SSSR count). The Balaban J connectivity index is 2.58. The van der Waals surface area contributed by atoms with Gasteiger partial charge >= 0.3 is 0 Å². The Labute approximate surface area is 78.8 Å². The van der Waals surface area contributed by atoms with Gasteiger partial charge in [-0.1, -0.05) is 0 Å². The lowest BCUT2D eigenvalue weighted by Crippen LogP contribution is -2.17. The summed E-state index contributed by atoms with van der Waals surface area (Å²) in [4.78, 5) is 4.01. The third kappa shape index (κ3) is 3.03. The molecule has 0 bridgehead atoms. The minimum Gasteiger partial charge on any atom is -0.396 e. The predicted octanol–water partition coefficient (Wildman–Crippen LogP) is 1.57. The number of aromatic nitrogens is 1. The maximum Gasteiger partial charge on any atom is 0.0450 e. The zero-order chi connectivity index (χ0) is 9.68. The highest BCUT2D eigenvalue weighted by Gasteiger charge is 2.02. The summed E-state index contributed by atoms with van der Waals surface area (Å²) in [6.07, 6.45) is 4.36. The van der Waals surface area contributed by atoms with Crippen molar-refractivity contribution in [3.8, 4) is 0 Å². The second-order valence-corrected chi connectivity index (χ2v) is 3.25. The second-order valence-electron chi connectivity index (χ2n) is 3.25. The van der Waals surface area contributed by atoms with Crippen molar-refractivity contribution in [2.24, 2.45) is 0 Å². The van der Waals surface area contributed by atoms with Gasteiger partial charge in [0.15, 0.2) is 0 Å². The smallest absolute Gasteiger partial charge is 0.0450 e. The summed E-state index contributed by atoms with van der Waals surface area (Å²) in [5.41, 5.74) is 2.23. The predicted molar refractivity (Wildman–Crippen MR) is 53.8 cm³/mol. The van der Waals surface area contributed by atoms with Gasteiger partial charge in [-0.2, -0.15) is 0 Å². The molecule has 0 aliphatic carbocycles. The molecule has 2 N–H and O–H groups in total. The topological polar surface area (TPSA) is 45.2 Å². The number of anilines is 1. The van der Waals surface area contributed by atoms with Crippen molar-refractivity contribution in [3.63, 3.8) is 0 Å². The van der Waals surface area contributed by atoms with Crippen molar-refractivity contribution >= 4 is 5.69 Å². The van der Waals surface area contributed by atoms with E-state index in [2.05, 4.69) is 17.2 Å². The van der Waals surface area contributed by atoms with Crippen LogP contribution in [0.2, 0.25) is 0 Å². The molecular weight excluding hydrogens is 164 g/mol. The highest BCUT2D eigenvalue weighted by atomic mass is 16.3. The molecule has 0 unspecified atom stereocenters. The number of hydrogen-bond donors (Lipinski definition) is 2. The summed E-state index contributed by atoms with van der Waals surface area (Å²) in [7, 11) is 0. The first-order valence-electron chi connectivity index (χ1n) is 4.52. The molecule has 0 aliphatic rings. The summed E-state index contributed by atoms with van der Waals surface area (Å²) in [6, 6.07) is 2.24. The Morgan fingerprint density at radius 1 is 1.62 bits per heavy atom. The molecule has 1 aromatic heterocycles. The first-order valence-corrected chi connectivity index (χ1v) is 4.52. The van der Waals surface area contributed by atoms with Crippen LogP contribution in [-0.4, -0.2) is 22.7 Å². The average Bonchev–Trinajstić information content (AvgIpc) is 2.09. The molecule has 0 saturated heterocycles. The monoisotopic (exact) mass is 180 g/mol. The van der Waals surface area contributed by atoms with E-state index in [1.807, 2.05) is 19.2 Å². The molecule has 0 fully saturated rings. The average molecular weight is 180 g/mol. The van der Waals surface area contributed by atoms with Gasteiger partial charge in [0.05, 0.1) is 0 Å². The van der Waals surface area contributed by atoms with Crippen LogP contribution in [0.25, 0.3) is 0 Å². The first-order chi connectivity index (χ1) is 6.24. The molecule has 1 atom stereocenters. The number of nitrogens with one attached hydrogen (secondary N) is 1. The standard InChI is InChI=1S/C10H16N2O/c1-8-7-11-5-3-10(8)12-9(2)4-6-13/h3,5,7,9,13H,4,6H2,1-2H3,(H,11,12)/t9-/m1/s1. The summed E-state index contributed by atoms with van der Waals surface area (Å²) < 4.78 is 0. The lowest BCUT2D eigenvalue weighted by Gasteiger charge is -2.15. The van der Waals surface area contributed by atoms with E-state index in [1.54, 1.807) is 6.20 Å². The molecule has 0 aromatic carbocycles. The van der Waals surface area contributed by atoms with E-state index < -0.39 is 0 Å². The minimum atomic E-state index is 0.221. The number of rotatable bonds is 4. The normalized spacial score (nSPS) is 12.5. The van der Waals surface area contributed by atoms with E-state index >= 15 is 0 Å². The molecule has 0 radical (unpaired) electrons. The van der Waals surface area contributed by atoms with E-state index in [0.717, 1.165) is 17.7 Å². The van der Waals surface area contributed by atoms with Crippen LogP contribution in [0, 0.1) is 6.92 Å². The maximum absolute atomic E-state index is 8.73. The van der Waals surface area contributed by atoms with Crippen LogP contribution in [0.15, 0.2) is 18.5 Å². The summed E-state index contributed by atoms with van der Waals surface area (Å²) >= 11 is 0. The van der Waals surface area contributed by atoms with Gasteiger partial charge in [-0.05, 0) is 31.9 Å². The molecule has 3 nitrogen and oxygen atoms in total. The summed E-state index contributed by atoms with van der Waals surface area (Å²) in [5, 5.41) is 12.0. The number of aryl methyl sites for hydroxylation is 1. The minimum absolute atomic E-state index is 0.221. The van der Waals surface area contributed by atoms with Crippen molar-refractivity contribution in [3.05, 3.63) is 24.0 Å². The van der Waals surface area contributed by atoms with Gasteiger partial charge in [-0.15, -0.1) is 0 Å². The molecule has 1 aromatic rings. The Kier molecular flexibility index (Phi) is 3.71. The van der Waals surface area contributed by atoms with Gasteiger partial charge in [0.2, 0.25) is 0 Å². The molecule has 0 amide bonds. The van der Waals surface area contributed by atoms with Gasteiger partial charge < -0.3 is 10.4 Å². The van der Waals surface area contributed by atoms with Crippen molar-refractivity contribution in [1.82, 2.24) is 4.98 Å². The van der Waals surface area contributed by atoms with Gasteiger partial charge in [-0.3, -0.25) is 4.98 Å². The van der Waals surface area contributed by atoms with E-state index in [4.69, 9.17) is 5.11 Å². The maximum atomic E-state index is 8.73. The van der Waals surface area contributed by atoms with Crippen LogP contribution in [-0.2, 0) is 0 Å². The van der Waals surface area contributed by atoms with Crippen molar-refractivity contribution < 1.29 is 5.11 Å². The van der Waals surface area contributed by atoms with Gasteiger partial charge in [-0.25, -0.2) is 0 Å². The Bertz CT molecular complexity index is 263. The van der Waals surface area contributed by atoms with Crippen molar-refractivity contribution in [2.45, 2.75) is 26.3 Å². The SMILES string of the molecule is Cc1cnccc1N[C@H](C)CCO. The van der Waals surface area contributed by atoms with Crippen LogP contribution >= 0.6 is 0 Å². The van der Waals surface area contributed by atoms with Crippen LogP contribution in [0.4, 0.5) is 5.69 Å². The van der Waals surface area contributed by atoms with Gasteiger partial charge in [0.25, 0.3) is 0 Å². The molecule has 0 saturated carbocycles. The third-order valence-electron chi connectivity index (χ3n) is 1.98. The zero-order valence-electron chi connectivity index (χ0n) is 8.12.